The molecule has 0 amide bonds. The first-order valence-corrected chi connectivity index (χ1v) is 4.33. The van der Waals surface area contributed by atoms with Crippen molar-refractivity contribution in [2.24, 2.45) is 0 Å². The Bertz CT molecular complexity index is 311. The normalized spacial score (nSPS) is 10.1. The molecule has 0 spiro atoms. The molecule has 14 heavy (non-hydrogen) atoms. The van der Waals surface area contributed by atoms with Crippen LogP contribution in [-0.2, 0) is 4.79 Å². The third-order valence-electron chi connectivity index (χ3n) is 1.73. The van der Waals surface area contributed by atoms with E-state index in [1.165, 1.54) is 0 Å². The highest BCUT2D eigenvalue weighted by Gasteiger charge is 2.08. The number of aryl methyl sites for hydroxylation is 1. The van der Waals surface area contributed by atoms with Gasteiger partial charge >= 0.3 is 12.0 Å². The van der Waals surface area contributed by atoms with Crippen molar-refractivity contribution in [1.82, 2.24) is 10.1 Å². The first kappa shape index (κ1) is 10.5. The molecule has 1 heterocycles. The molecule has 0 bridgehead atoms. The molecule has 1 N–H and O–H groups in total. The lowest BCUT2D eigenvalue weighted by atomic mass is 10.3. The van der Waals surface area contributed by atoms with E-state index in [9.17, 15) is 4.79 Å². The standard InChI is InChI=1S/C8H13N3O3/c1-6-9-8(14-10-6)11(2)5-3-4-7(12)13/h3-5H2,1-2H3,(H,12,13). The molecule has 0 unspecified atom stereocenters. The van der Waals surface area contributed by atoms with Crippen LogP contribution in [-0.4, -0.2) is 34.8 Å². The Morgan fingerprint density at radius 2 is 2.36 bits per heavy atom. The fourth-order valence-corrected chi connectivity index (χ4v) is 1.00. The zero-order valence-electron chi connectivity index (χ0n) is 8.23. The molecule has 0 aliphatic rings. The van der Waals surface area contributed by atoms with Crippen molar-refractivity contribution < 1.29 is 14.4 Å². The Balaban J connectivity index is 2.35. The van der Waals surface area contributed by atoms with Crippen LogP contribution in [0.1, 0.15) is 18.7 Å². The molecule has 78 valence electrons. The maximum absolute atomic E-state index is 10.3. The quantitative estimate of drug-likeness (QED) is 0.751. The Morgan fingerprint density at radius 3 is 2.86 bits per heavy atom. The summed E-state index contributed by atoms with van der Waals surface area (Å²) in [6, 6.07) is 0.424. The average Bonchev–Trinajstić information content (AvgIpc) is 2.51. The van der Waals surface area contributed by atoms with E-state index in [4.69, 9.17) is 9.63 Å². The lowest BCUT2D eigenvalue weighted by Crippen LogP contribution is -2.19. The van der Waals surface area contributed by atoms with Gasteiger partial charge < -0.3 is 14.5 Å². The van der Waals surface area contributed by atoms with E-state index in [1.54, 1.807) is 18.9 Å². The molecule has 0 saturated heterocycles. The van der Waals surface area contributed by atoms with Crippen LogP contribution in [0.4, 0.5) is 6.01 Å². The summed E-state index contributed by atoms with van der Waals surface area (Å²) in [5.74, 6) is -0.217. The number of hydrogen-bond acceptors (Lipinski definition) is 5. The summed E-state index contributed by atoms with van der Waals surface area (Å²) in [6.45, 7) is 2.33. The number of carboxylic acid groups (broad SMARTS) is 1. The lowest BCUT2D eigenvalue weighted by molar-refractivity contribution is -0.137. The van der Waals surface area contributed by atoms with Crippen molar-refractivity contribution >= 4 is 12.0 Å². The van der Waals surface area contributed by atoms with E-state index < -0.39 is 5.97 Å². The molecule has 6 heteroatoms. The fraction of sp³-hybridized carbons (Fsp3) is 0.625. The summed E-state index contributed by atoms with van der Waals surface area (Å²) in [7, 11) is 1.79. The highest BCUT2D eigenvalue weighted by molar-refractivity contribution is 5.66. The number of hydrogen-bond donors (Lipinski definition) is 1. The van der Waals surface area contributed by atoms with Gasteiger partial charge in [-0.25, -0.2) is 0 Å². The van der Waals surface area contributed by atoms with E-state index in [0.29, 0.717) is 24.8 Å². The van der Waals surface area contributed by atoms with Crippen LogP contribution in [0.2, 0.25) is 0 Å². The minimum atomic E-state index is -0.792. The van der Waals surface area contributed by atoms with Crippen LogP contribution >= 0.6 is 0 Å². The van der Waals surface area contributed by atoms with E-state index in [-0.39, 0.29) is 6.42 Å². The number of anilines is 1. The van der Waals surface area contributed by atoms with E-state index >= 15 is 0 Å². The van der Waals surface area contributed by atoms with Gasteiger partial charge in [0.15, 0.2) is 5.82 Å². The smallest absolute Gasteiger partial charge is 0.323 e. The Labute approximate surface area is 81.5 Å². The molecule has 0 aliphatic carbocycles. The van der Waals surface area contributed by atoms with Gasteiger partial charge in [0, 0.05) is 20.0 Å². The van der Waals surface area contributed by atoms with Gasteiger partial charge in [-0.1, -0.05) is 5.16 Å². The maximum atomic E-state index is 10.3. The predicted molar refractivity (Wildman–Crippen MR) is 49.2 cm³/mol. The van der Waals surface area contributed by atoms with Gasteiger partial charge in [-0.15, -0.1) is 0 Å². The molecular formula is C8H13N3O3. The molecule has 0 atom stereocenters. The molecule has 1 rings (SSSR count). The van der Waals surface area contributed by atoms with Crippen LogP contribution in [0.5, 0.6) is 0 Å². The zero-order chi connectivity index (χ0) is 10.6. The van der Waals surface area contributed by atoms with Crippen LogP contribution < -0.4 is 4.90 Å². The first-order valence-electron chi connectivity index (χ1n) is 4.33. The summed E-state index contributed by atoms with van der Waals surface area (Å²) in [6.07, 6.45) is 0.713. The van der Waals surface area contributed by atoms with Crippen molar-refractivity contribution in [2.45, 2.75) is 19.8 Å². The molecular weight excluding hydrogens is 186 g/mol. The number of carboxylic acids is 1. The van der Waals surface area contributed by atoms with Gasteiger partial charge in [0.1, 0.15) is 0 Å². The monoisotopic (exact) mass is 199 g/mol. The summed E-state index contributed by atoms with van der Waals surface area (Å²) in [5.41, 5.74) is 0. The molecule has 0 radical (unpaired) electrons. The number of aliphatic carboxylic acids is 1. The van der Waals surface area contributed by atoms with Gasteiger partial charge in [-0.2, -0.15) is 4.98 Å². The third kappa shape index (κ3) is 3.04. The summed E-state index contributed by atoms with van der Waals surface area (Å²) < 4.78 is 4.90. The summed E-state index contributed by atoms with van der Waals surface area (Å²) in [5, 5.41) is 12.1. The topological polar surface area (TPSA) is 79.5 Å². The van der Waals surface area contributed by atoms with Crippen LogP contribution in [0.3, 0.4) is 0 Å². The Morgan fingerprint density at radius 1 is 1.64 bits per heavy atom. The number of carbonyl (C=O) groups is 1. The lowest BCUT2D eigenvalue weighted by Gasteiger charge is -2.11. The minimum absolute atomic E-state index is 0.150. The molecule has 1 aromatic heterocycles. The van der Waals surface area contributed by atoms with Crippen LogP contribution in [0.15, 0.2) is 4.52 Å². The van der Waals surface area contributed by atoms with Crippen molar-refractivity contribution in [3.8, 4) is 0 Å². The Hall–Kier alpha value is -1.59. The molecule has 6 nitrogen and oxygen atoms in total. The molecule has 0 aromatic carbocycles. The second-order valence-electron chi connectivity index (χ2n) is 3.04. The molecule has 1 aromatic rings. The van der Waals surface area contributed by atoms with E-state index in [2.05, 4.69) is 10.1 Å². The Kier molecular flexibility index (Phi) is 3.44. The van der Waals surface area contributed by atoms with Gasteiger partial charge in [0.05, 0.1) is 0 Å². The first-order chi connectivity index (χ1) is 6.59. The van der Waals surface area contributed by atoms with E-state index in [1.807, 2.05) is 0 Å². The zero-order valence-corrected chi connectivity index (χ0v) is 8.23. The van der Waals surface area contributed by atoms with Gasteiger partial charge in [-0.05, 0) is 13.3 Å². The summed E-state index contributed by atoms with van der Waals surface area (Å²) in [4.78, 5) is 16.0. The van der Waals surface area contributed by atoms with Crippen molar-refractivity contribution in [1.29, 1.82) is 0 Å². The van der Waals surface area contributed by atoms with Crippen LogP contribution in [0, 0.1) is 6.92 Å². The number of nitrogens with zero attached hydrogens (tertiary/aromatic N) is 3. The highest BCUT2D eigenvalue weighted by Crippen LogP contribution is 2.08. The third-order valence-corrected chi connectivity index (χ3v) is 1.73. The fourth-order valence-electron chi connectivity index (χ4n) is 1.00. The SMILES string of the molecule is Cc1noc(N(C)CCCC(=O)O)n1. The van der Waals surface area contributed by atoms with Crippen molar-refractivity contribution in [3.05, 3.63) is 5.82 Å². The van der Waals surface area contributed by atoms with Gasteiger partial charge in [0.2, 0.25) is 0 Å². The molecule has 0 aliphatic heterocycles. The number of rotatable bonds is 5. The van der Waals surface area contributed by atoms with E-state index in [0.717, 1.165) is 0 Å². The number of aromatic nitrogens is 2. The highest BCUT2D eigenvalue weighted by atomic mass is 16.5. The minimum Gasteiger partial charge on any atom is -0.481 e. The summed E-state index contributed by atoms with van der Waals surface area (Å²) >= 11 is 0. The maximum Gasteiger partial charge on any atom is 0.323 e. The van der Waals surface area contributed by atoms with Gasteiger partial charge in [0.25, 0.3) is 0 Å². The van der Waals surface area contributed by atoms with Crippen molar-refractivity contribution in [3.63, 3.8) is 0 Å². The average molecular weight is 199 g/mol. The van der Waals surface area contributed by atoms with Crippen LogP contribution in [0.25, 0.3) is 0 Å². The molecule has 0 saturated carbocycles. The largest absolute Gasteiger partial charge is 0.481 e. The second kappa shape index (κ2) is 4.59. The second-order valence-corrected chi connectivity index (χ2v) is 3.04. The van der Waals surface area contributed by atoms with Gasteiger partial charge in [-0.3, -0.25) is 4.79 Å². The van der Waals surface area contributed by atoms with Crippen molar-refractivity contribution in [2.75, 3.05) is 18.5 Å². The predicted octanol–water partition coefficient (Wildman–Crippen LogP) is 0.679. The molecule has 0 fully saturated rings.